The van der Waals surface area contributed by atoms with Crippen molar-refractivity contribution >= 4 is 44.8 Å². The van der Waals surface area contributed by atoms with Gasteiger partial charge in [-0.15, -0.1) is 11.3 Å². The molecule has 0 atom stereocenters. The van der Waals surface area contributed by atoms with Crippen LogP contribution in [0.5, 0.6) is 11.5 Å². The van der Waals surface area contributed by atoms with Crippen molar-refractivity contribution in [3.63, 3.8) is 0 Å². The van der Waals surface area contributed by atoms with Crippen LogP contribution in [0.4, 0.5) is 4.39 Å². The summed E-state index contributed by atoms with van der Waals surface area (Å²) in [7, 11) is 0. The van der Waals surface area contributed by atoms with Crippen LogP contribution in [0.1, 0.15) is 20.0 Å². The van der Waals surface area contributed by atoms with Gasteiger partial charge in [-0.1, -0.05) is 11.6 Å². The van der Waals surface area contributed by atoms with Crippen LogP contribution in [0.2, 0.25) is 5.02 Å². The molecular weight excluding hydrogens is 383 g/mol. The van der Waals surface area contributed by atoms with E-state index in [1.165, 1.54) is 24.3 Å². The summed E-state index contributed by atoms with van der Waals surface area (Å²) in [6.45, 7) is 0.0994. The summed E-state index contributed by atoms with van der Waals surface area (Å²) in [6, 6.07) is 8.74. The van der Waals surface area contributed by atoms with Crippen molar-refractivity contribution in [3.8, 4) is 11.5 Å². The zero-order valence-electron chi connectivity index (χ0n) is 13.0. The average molecular weight is 393 g/mol. The second kappa shape index (κ2) is 6.47. The summed E-state index contributed by atoms with van der Waals surface area (Å²) < 4.78 is 24.2. The molecule has 2 aromatic carbocycles. The van der Waals surface area contributed by atoms with Gasteiger partial charge in [0.05, 0.1) is 5.02 Å². The van der Waals surface area contributed by atoms with Crippen LogP contribution in [0.3, 0.4) is 0 Å². The third-order valence-electron chi connectivity index (χ3n) is 3.72. The molecule has 6 nitrogen and oxygen atoms in total. The number of amides is 2. The van der Waals surface area contributed by atoms with Gasteiger partial charge >= 0.3 is 0 Å². The normalized spacial score (nSPS) is 12.2. The Labute approximate surface area is 155 Å². The number of hydrazine groups is 1. The number of halogens is 2. The summed E-state index contributed by atoms with van der Waals surface area (Å²) in [5.74, 6) is -0.530. The summed E-state index contributed by atoms with van der Waals surface area (Å²) in [4.78, 5) is 24.7. The lowest BCUT2D eigenvalue weighted by atomic mass is 10.2. The van der Waals surface area contributed by atoms with E-state index >= 15 is 0 Å². The van der Waals surface area contributed by atoms with E-state index in [1.54, 1.807) is 12.1 Å². The van der Waals surface area contributed by atoms with Gasteiger partial charge < -0.3 is 9.47 Å². The van der Waals surface area contributed by atoms with Gasteiger partial charge in [0.1, 0.15) is 10.7 Å². The monoisotopic (exact) mass is 392 g/mol. The number of nitrogens with one attached hydrogen (secondary N) is 2. The molecular formula is C17H10ClFN2O4S. The first-order valence-corrected chi connectivity index (χ1v) is 8.60. The van der Waals surface area contributed by atoms with E-state index in [1.807, 2.05) is 0 Å². The second-order valence-electron chi connectivity index (χ2n) is 5.36. The molecule has 2 N–H and O–H groups in total. The maximum atomic E-state index is 13.3. The highest BCUT2D eigenvalue weighted by atomic mass is 35.5. The van der Waals surface area contributed by atoms with Gasteiger partial charge in [-0.05, 0) is 36.4 Å². The lowest BCUT2D eigenvalue weighted by Gasteiger charge is -2.07. The zero-order valence-corrected chi connectivity index (χ0v) is 14.5. The topological polar surface area (TPSA) is 76.7 Å². The van der Waals surface area contributed by atoms with Crippen LogP contribution >= 0.6 is 22.9 Å². The molecule has 0 spiro atoms. The minimum absolute atomic E-state index is 0.0994. The summed E-state index contributed by atoms with van der Waals surface area (Å²) in [5, 5.41) is 0.783. The molecule has 2 heterocycles. The molecule has 26 heavy (non-hydrogen) atoms. The van der Waals surface area contributed by atoms with Crippen molar-refractivity contribution < 1.29 is 23.5 Å². The third-order valence-corrected chi connectivity index (χ3v) is 5.38. The van der Waals surface area contributed by atoms with Crippen LogP contribution in [-0.2, 0) is 0 Å². The highest BCUT2D eigenvalue weighted by molar-refractivity contribution is 7.21. The Morgan fingerprint density at radius 3 is 2.65 bits per heavy atom. The molecule has 0 unspecified atom stereocenters. The van der Waals surface area contributed by atoms with Crippen LogP contribution in [0.25, 0.3) is 10.1 Å². The SMILES string of the molecule is O=C(NNC(=O)c1sc2cc(F)ccc2c1Cl)c1ccc2c(c1)OCO2. The molecule has 2 amide bonds. The Hall–Kier alpha value is -2.84. The van der Waals surface area contributed by atoms with E-state index in [9.17, 15) is 14.0 Å². The van der Waals surface area contributed by atoms with E-state index in [-0.39, 0.29) is 16.7 Å². The smallest absolute Gasteiger partial charge is 0.281 e. The molecule has 0 saturated heterocycles. The van der Waals surface area contributed by atoms with Crippen LogP contribution in [0.15, 0.2) is 36.4 Å². The number of carbonyl (C=O) groups excluding carboxylic acids is 2. The zero-order chi connectivity index (χ0) is 18.3. The quantitative estimate of drug-likeness (QED) is 0.654. The standard InChI is InChI=1S/C17H10ClFN2O4S/c18-14-10-3-2-9(19)6-13(10)26-15(14)17(23)21-20-16(22)8-1-4-11-12(5-8)25-7-24-11/h1-6H,7H2,(H,20,22)(H,21,23). The maximum absolute atomic E-state index is 13.3. The number of fused-ring (bicyclic) bond motifs is 2. The largest absolute Gasteiger partial charge is 0.454 e. The molecule has 0 fully saturated rings. The summed E-state index contributed by atoms with van der Waals surface area (Å²) in [6.07, 6.45) is 0. The van der Waals surface area contributed by atoms with Gasteiger partial charge in [-0.2, -0.15) is 0 Å². The molecule has 0 radical (unpaired) electrons. The van der Waals surface area contributed by atoms with E-state index < -0.39 is 17.6 Å². The van der Waals surface area contributed by atoms with Crippen molar-refractivity contribution in [3.05, 3.63) is 57.7 Å². The highest BCUT2D eigenvalue weighted by Gasteiger charge is 2.19. The van der Waals surface area contributed by atoms with Gasteiger partial charge in [-0.3, -0.25) is 20.4 Å². The van der Waals surface area contributed by atoms with Gasteiger partial charge in [0, 0.05) is 15.6 Å². The first-order valence-electron chi connectivity index (χ1n) is 7.41. The van der Waals surface area contributed by atoms with Crippen molar-refractivity contribution in [2.75, 3.05) is 6.79 Å². The predicted molar refractivity (Wildman–Crippen MR) is 94.3 cm³/mol. The fourth-order valence-corrected chi connectivity index (χ4v) is 3.90. The number of benzene rings is 2. The molecule has 0 bridgehead atoms. The van der Waals surface area contributed by atoms with Crippen LogP contribution in [-0.4, -0.2) is 18.6 Å². The van der Waals surface area contributed by atoms with E-state index in [2.05, 4.69) is 10.9 Å². The lowest BCUT2D eigenvalue weighted by molar-refractivity contribution is 0.0849. The van der Waals surface area contributed by atoms with E-state index in [4.69, 9.17) is 21.1 Å². The molecule has 1 aromatic heterocycles. The molecule has 1 aliphatic rings. The van der Waals surface area contributed by atoms with Gasteiger partial charge in [-0.25, -0.2) is 4.39 Å². The van der Waals surface area contributed by atoms with Crippen LogP contribution in [0, 0.1) is 5.82 Å². The second-order valence-corrected chi connectivity index (χ2v) is 6.79. The van der Waals surface area contributed by atoms with E-state index in [0.717, 1.165) is 11.3 Å². The minimum Gasteiger partial charge on any atom is -0.454 e. The molecule has 0 aliphatic carbocycles. The average Bonchev–Trinajstić information content (AvgIpc) is 3.23. The number of hydrogen-bond acceptors (Lipinski definition) is 5. The Morgan fingerprint density at radius 2 is 1.81 bits per heavy atom. The lowest BCUT2D eigenvalue weighted by Crippen LogP contribution is -2.41. The number of hydrogen-bond donors (Lipinski definition) is 2. The molecule has 4 rings (SSSR count). The molecule has 3 aromatic rings. The van der Waals surface area contributed by atoms with Crippen molar-refractivity contribution in [1.82, 2.24) is 10.9 Å². The Balaban J connectivity index is 1.48. The highest BCUT2D eigenvalue weighted by Crippen LogP contribution is 2.35. The van der Waals surface area contributed by atoms with Crippen molar-refractivity contribution in [2.45, 2.75) is 0 Å². The number of thiophene rings is 1. The van der Waals surface area contributed by atoms with E-state index in [0.29, 0.717) is 27.1 Å². The van der Waals surface area contributed by atoms with Gasteiger partial charge in [0.2, 0.25) is 6.79 Å². The first-order chi connectivity index (χ1) is 12.5. The fraction of sp³-hybridized carbons (Fsp3) is 0.0588. The number of carbonyl (C=O) groups is 2. The molecule has 1 aliphatic heterocycles. The molecule has 9 heteroatoms. The van der Waals surface area contributed by atoms with Gasteiger partial charge in [0.25, 0.3) is 11.8 Å². The third kappa shape index (κ3) is 2.93. The maximum Gasteiger partial charge on any atom is 0.281 e. The summed E-state index contributed by atoms with van der Waals surface area (Å²) in [5.41, 5.74) is 4.90. The minimum atomic E-state index is -0.592. The Morgan fingerprint density at radius 1 is 1.04 bits per heavy atom. The van der Waals surface area contributed by atoms with Crippen LogP contribution < -0.4 is 20.3 Å². The first kappa shape index (κ1) is 16.6. The Kier molecular flexibility index (Phi) is 4.14. The molecule has 0 saturated carbocycles. The van der Waals surface area contributed by atoms with Crippen molar-refractivity contribution in [2.24, 2.45) is 0 Å². The number of ether oxygens (including phenoxy) is 2. The predicted octanol–water partition coefficient (Wildman–Crippen LogP) is 3.50. The van der Waals surface area contributed by atoms with Crippen molar-refractivity contribution in [1.29, 1.82) is 0 Å². The molecule has 132 valence electrons. The number of rotatable bonds is 2. The Bertz CT molecular complexity index is 1050. The summed E-state index contributed by atoms with van der Waals surface area (Å²) >= 11 is 7.22. The van der Waals surface area contributed by atoms with Gasteiger partial charge in [0.15, 0.2) is 11.5 Å². The fourth-order valence-electron chi connectivity index (χ4n) is 2.47.